The molecule has 0 aliphatic heterocycles. The van der Waals surface area contributed by atoms with Crippen molar-refractivity contribution in [3.8, 4) is 11.1 Å². The second-order valence-electron chi connectivity index (χ2n) is 6.74. The monoisotopic (exact) mass is 473 g/mol. The number of rotatable bonds is 8. The van der Waals surface area contributed by atoms with Gasteiger partial charge in [0, 0.05) is 5.56 Å². The SMILES string of the molecule is CCOC(=O)c1sc(NS(=O)(=O)c2ccc(C)cc2)c(C(=O)OCC)c1-c1ccccc1. The van der Waals surface area contributed by atoms with Crippen molar-refractivity contribution in [2.75, 3.05) is 17.9 Å². The lowest BCUT2D eigenvalue weighted by atomic mass is 10.0. The van der Waals surface area contributed by atoms with Crippen LogP contribution in [0.1, 0.15) is 39.4 Å². The van der Waals surface area contributed by atoms with Gasteiger partial charge >= 0.3 is 11.9 Å². The summed E-state index contributed by atoms with van der Waals surface area (Å²) in [7, 11) is -4.02. The van der Waals surface area contributed by atoms with Crippen molar-refractivity contribution in [1.29, 1.82) is 0 Å². The highest BCUT2D eigenvalue weighted by atomic mass is 32.2. The van der Waals surface area contributed by atoms with Gasteiger partial charge in [-0.2, -0.15) is 0 Å². The minimum Gasteiger partial charge on any atom is -0.462 e. The summed E-state index contributed by atoms with van der Waals surface area (Å²) in [5, 5.41) is -0.00840. The zero-order chi connectivity index (χ0) is 23.3. The van der Waals surface area contributed by atoms with Crippen LogP contribution in [-0.4, -0.2) is 33.6 Å². The van der Waals surface area contributed by atoms with E-state index in [1.165, 1.54) is 12.1 Å². The van der Waals surface area contributed by atoms with Crippen LogP contribution in [0.4, 0.5) is 5.00 Å². The highest BCUT2D eigenvalue weighted by molar-refractivity contribution is 7.93. The predicted octanol–water partition coefficient (Wildman–Crippen LogP) is 4.88. The quantitative estimate of drug-likeness (QED) is 0.468. The van der Waals surface area contributed by atoms with Crippen molar-refractivity contribution < 1.29 is 27.5 Å². The number of carbonyl (C=O) groups is 2. The number of carbonyl (C=O) groups excluding carboxylic acids is 2. The van der Waals surface area contributed by atoms with Crippen molar-refractivity contribution in [3.63, 3.8) is 0 Å². The van der Waals surface area contributed by atoms with E-state index in [2.05, 4.69) is 4.72 Å². The molecule has 1 heterocycles. The number of thiophene rings is 1. The average Bonchev–Trinajstić information content (AvgIpc) is 3.13. The van der Waals surface area contributed by atoms with Crippen LogP contribution in [0.15, 0.2) is 59.5 Å². The first-order chi connectivity index (χ1) is 15.3. The maximum atomic E-state index is 13.0. The second-order valence-corrected chi connectivity index (χ2v) is 9.44. The number of hydrogen-bond donors (Lipinski definition) is 1. The summed E-state index contributed by atoms with van der Waals surface area (Å²) in [4.78, 5) is 25.8. The summed E-state index contributed by atoms with van der Waals surface area (Å²) < 4.78 is 38.9. The number of ether oxygens (including phenoxy) is 2. The van der Waals surface area contributed by atoms with Crippen LogP contribution in [0, 0.1) is 6.92 Å². The largest absolute Gasteiger partial charge is 0.462 e. The Balaban J connectivity index is 2.21. The maximum Gasteiger partial charge on any atom is 0.349 e. The molecule has 9 heteroatoms. The smallest absolute Gasteiger partial charge is 0.349 e. The van der Waals surface area contributed by atoms with Gasteiger partial charge in [0.15, 0.2) is 0 Å². The lowest BCUT2D eigenvalue weighted by Gasteiger charge is -2.10. The van der Waals surface area contributed by atoms with Crippen LogP contribution in [0.5, 0.6) is 0 Å². The summed E-state index contributed by atoms with van der Waals surface area (Å²) in [6.07, 6.45) is 0. The van der Waals surface area contributed by atoms with E-state index in [0.717, 1.165) is 16.9 Å². The molecule has 0 radical (unpaired) electrons. The Bertz CT molecular complexity index is 1220. The van der Waals surface area contributed by atoms with E-state index < -0.39 is 22.0 Å². The first-order valence-corrected chi connectivity index (χ1v) is 12.2. The Morgan fingerprint density at radius 1 is 0.906 bits per heavy atom. The van der Waals surface area contributed by atoms with Crippen molar-refractivity contribution in [1.82, 2.24) is 0 Å². The van der Waals surface area contributed by atoms with E-state index in [4.69, 9.17) is 9.47 Å². The van der Waals surface area contributed by atoms with Crippen molar-refractivity contribution in [2.45, 2.75) is 25.7 Å². The summed E-state index contributed by atoms with van der Waals surface area (Å²) in [6.45, 7) is 5.38. The molecule has 0 fully saturated rings. The lowest BCUT2D eigenvalue weighted by molar-refractivity contribution is 0.0528. The first kappa shape index (κ1) is 23.5. The molecule has 3 rings (SSSR count). The van der Waals surface area contributed by atoms with Crippen LogP contribution >= 0.6 is 11.3 Å². The molecule has 1 aromatic heterocycles. The number of benzene rings is 2. The number of sulfonamides is 1. The zero-order valence-corrected chi connectivity index (χ0v) is 19.5. The molecule has 1 N–H and O–H groups in total. The molecule has 0 atom stereocenters. The van der Waals surface area contributed by atoms with E-state index in [1.807, 2.05) is 6.92 Å². The molecule has 0 unspecified atom stereocenters. The van der Waals surface area contributed by atoms with Gasteiger partial charge < -0.3 is 9.47 Å². The normalized spacial score (nSPS) is 11.1. The molecule has 168 valence electrons. The Morgan fingerprint density at radius 2 is 1.50 bits per heavy atom. The van der Waals surface area contributed by atoms with Gasteiger partial charge in [-0.25, -0.2) is 18.0 Å². The van der Waals surface area contributed by atoms with Gasteiger partial charge in [-0.05, 0) is 38.5 Å². The number of aryl methyl sites for hydroxylation is 1. The zero-order valence-electron chi connectivity index (χ0n) is 17.9. The van der Waals surface area contributed by atoms with Crippen LogP contribution in [0.3, 0.4) is 0 Å². The van der Waals surface area contributed by atoms with Crippen LogP contribution in [0.25, 0.3) is 11.1 Å². The fourth-order valence-corrected chi connectivity index (χ4v) is 5.43. The van der Waals surface area contributed by atoms with Crippen LogP contribution < -0.4 is 4.72 Å². The maximum absolute atomic E-state index is 13.0. The molecule has 32 heavy (non-hydrogen) atoms. The molecule has 0 saturated heterocycles. The van der Waals surface area contributed by atoms with Crippen molar-refractivity contribution >= 4 is 38.3 Å². The minimum atomic E-state index is -4.02. The van der Waals surface area contributed by atoms with Gasteiger partial charge in [0.2, 0.25) is 0 Å². The molecular formula is C23H23NO6S2. The van der Waals surface area contributed by atoms with E-state index >= 15 is 0 Å². The third kappa shape index (κ3) is 5.00. The standard InChI is InChI=1S/C23H23NO6S2/c1-4-29-22(25)19-18(16-9-7-6-8-10-16)20(23(26)30-5-2)31-21(19)24-32(27,28)17-13-11-15(3)12-14-17/h6-14,24H,4-5H2,1-3H3. The molecule has 0 amide bonds. The summed E-state index contributed by atoms with van der Waals surface area (Å²) in [6, 6.07) is 15.1. The molecule has 0 aliphatic rings. The van der Waals surface area contributed by atoms with Gasteiger partial charge in [-0.1, -0.05) is 48.0 Å². The Hall–Kier alpha value is -3.17. The summed E-state index contributed by atoms with van der Waals surface area (Å²) >= 11 is 0.842. The van der Waals surface area contributed by atoms with Crippen LogP contribution in [-0.2, 0) is 19.5 Å². The summed E-state index contributed by atoms with van der Waals surface area (Å²) in [5.74, 6) is -1.39. The van der Waals surface area contributed by atoms with Gasteiger partial charge in [-0.15, -0.1) is 11.3 Å². The molecule has 0 bridgehead atoms. The Labute approximate surface area is 191 Å². The van der Waals surface area contributed by atoms with E-state index in [0.29, 0.717) is 5.56 Å². The average molecular weight is 474 g/mol. The third-order valence-electron chi connectivity index (χ3n) is 4.47. The van der Waals surface area contributed by atoms with Crippen molar-refractivity contribution in [3.05, 3.63) is 70.6 Å². The Kier molecular flexibility index (Phi) is 7.32. The number of esters is 2. The van der Waals surface area contributed by atoms with Gasteiger partial charge in [0.25, 0.3) is 10.0 Å². The molecule has 3 aromatic rings. The Morgan fingerprint density at radius 3 is 2.09 bits per heavy atom. The lowest BCUT2D eigenvalue weighted by Crippen LogP contribution is -2.15. The van der Waals surface area contributed by atoms with Crippen molar-refractivity contribution in [2.24, 2.45) is 0 Å². The van der Waals surface area contributed by atoms with E-state index in [-0.39, 0.29) is 39.1 Å². The predicted molar refractivity (Wildman–Crippen MR) is 124 cm³/mol. The van der Waals surface area contributed by atoms with Crippen LogP contribution in [0.2, 0.25) is 0 Å². The molecule has 7 nitrogen and oxygen atoms in total. The second kappa shape index (κ2) is 9.97. The number of hydrogen-bond acceptors (Lipinski definition) is 7. The molecule has 0 saturated carbocycles. The minimum absolute atomic E-state index is 0.00840. The number of anilines is 1. The highest BCUT2D eigenvalue weighted by Gasteiger charge is 2.31. The third-order valence-corrected chi connectivity index (χ3v) is 7.05. The fraction of sp³-hybridized carbons (Fsp3) is 0.217. The summed E-state index contributed by atoms with van der Waals surface area (Å²) in [5.41, 5.74) is 1.72. The molecule has 0 spiro atoms. The highest BCUT2D eigenvalue weighted by Crippen LogP contribution is 2.42. The molecule has 2 aromatic carbocycles. The van der Waals surface area contributed by atoms with E-state index in [9.17, 15) is 18.0 Å². The van der Waals surface area contributed by atoms with E-state index in [1.54, 1.807) is 56.3 Å². The number of nitrogens with one attached hydrogen (secondary N) is 1. The first-order valence-electron chi connectivity index (χ1n) is 9.94. The fourth-order valence-electron chi connectivity index (χ4n) is 3.02. The van der Waals surface area contributed by atoms with Gasteiger partial charge in [0.05, 0.1) is 18.1 Å². The molecule has 0 aliphatic carbocycles. The van der Waals surface area contributed by atoms with Gasteiger partial charge in [-0.3, -0.25) is 4.72 Å². The van der Waals surface area contributed by atoms with Gasteiger partial charge in [0.1, 0.15) is 15.4 Å². The molecular weight excluding hydrogens is 450 g/mol. The topological polar surface area (TPSA) is 98.8 Å².